The number of rotatable bonds is 7. The molecule has 0 N–H and O–H groups in total. The highest BCUT2D eigenvalue weighted by Crippen LogP contribution is 2.37. The van der Waals surface area contributed by atoms with Crippen molar-refractivity contribution in [2.75, 3.05) is 0 Å². The molecule has 1 aliphatic rings. The zero-order valence-corrected chi connectivity index (χ0v) is 12.8. The van der Waals surface area contributed by atoms with Crippen molar-refractivity contribution >= 4 is 0 Å². The van der Waals surface area contributed by atoms with E-state index in [0.29, 0.717) is 0 Å². The summed E-state index contributed by atoms with van der Waals surface area (Å²) in [7, 11) is 0. The van der Waals surface area contributed by atoms with E-state index in [9.17, 15) is 8.78 Å². The minimum Gasteiger partial charge on any atom is -0.435 e. The molecule has 3 heteroatoms. The van der Waals surface area contributed by atoms with Crippen LogP contribution in [0.5, 0.6) is 5.75 Å². The van der Waals surface area contributed by atoms with Crippen molar-refractivity contribution in [3.63, 3.8) is 0 Å². The van der Waals surface area contributed by atoms with Crippen molar-refractivity contribution < 1.29 is 13.5 Å². The van der Waals surface area contributed by atoms with Gasteiger partial charge >= 0.3 is 6.61 Å². The highest BCUT2D eigenvalue weighted by molar-refractivity contribution is 5.36. The summed E-state index contributed by atoms with van der Waals surface area (Å²) in [4.78, 5) is 0. The molecule has 117 valence electrons. The minimum atomic E-state index is -2.75. The Hall–Kier alpha value is -1.12. The monoisotopic (exact) mass is 295 g/mol. The Morgan fingerprint density at radius 2 is 1.76 bits per heavy atom. The first-order chi connectivity index (χ1) is 10.2. The third kappa shape index (κ3) is 5.29. The topological polar surface area (TPSA) is 9.23 Å². The van der Waals surface area contributed by atoms with Gasteiger partial charge in [0, 0.05) is 5.92 Å². The van der Waals surface area contributed by atoms with Gasteiger partial charge in [-0.2, -0.15) is 8.78 Å². The number of alkyl halides is 2. The van der Waals surface area contributed by atoms with Crippen LogP contribution in [0.1, 0.15) is 63.9 Å². The molecule has 1 nitrogen and oxygen atoms in total. The lowest BCUT2D eigenvalue weighted by Crippen LogP contribution is -2.14. The molecule has 2 rings (SSSR count). The maximum Gasteiger partial charge on any atom is 0.387 e. The van der Waals surface area contributed by atoms with Gasteiger partial charge in [-0.05, 0) is 49.3 Å². The smallest absolute Gasteiger partial charge is 0.387 e. The maximum absolute atomic E-state index is 12.1. The van der Waals surface area contributed by atoms with E-state index >= 15 is 0 Å². The average Bonchev–Trinajstić information content (AvgIpc) is 2.49. The Morgan fingerprint density at radius 1 is 1.10 bits per heavy atom. The molecule has 0 heterocycles. The van der Waals surface area contributed by atoms with Gasteiger partial charge in [-0.3, -0.25) is 0 Å². The minimum absolute atomic E-state index is 0.239. The molecule has 0 saturated heterocycles. The molecule has 0 spiro atoms. The number of unbranched alkanes of at least 4 members (excludes halogenated alkanes) is 2. The van der Waals surface area contributed by atoms with Crippen molar-refractivity contribution in [3.8, 4) is 5.75 Å². The van der Waals surface area contributed by atoms with Gasteiger partial charge in [-0.15, -0.1) is 0 Å². The van der Waals surface area contributed by atoms with Gasteiger partial charge in [-0.25, -0.2) is 0 Å². The second kappa shape index (κ2) is 8.35. The third-order valence-corrected chi connectivity index (χ3v) is 4.41. The lowest BCUT2D eigenvalue weighted by Gasteiger charge is -2.28. The van der Waals surface area contributed by atoms with Gasteiger partial charge in [-0.1, -0.05) is 44.7 Å². The summed E-state index contributed by atoms with van der Waals surface area (Å²) in [5.74, 6) is 2.58. The van der Waals surface area contributed by atoms with Gasteiger partial charge in [0.05, 0.1) is 0 Å². The number of halogens is 2. The van der Waals surface area contributed by atoms with Crippen LogP contribution in [0.4, 0.5) is 8.78 Å². The van der Waals surface area contributed by atoms with Crippen LogP contribution in [0.2, 0.25) is 0 Å². The molecule has 21 heavy (non-hydrogen) atoms. The first-order valence-corrected chi connectivity index (χ1v) is 8.09. The molecule has 0 bridgehead atoms. The van der Waals surface area contributed by atoms with Gasteiger partial charge in [0.2, 0.25) is 0 Å². The second-order valence-electron chi connectivity index (χ2n) is 5.95. The molecule has 1 aromatic carbocycles. The van der Waals surface area contributed by atoms with Gasteiger partial charge < -0.3 is 4.74 Å². The summed E-state index contributed by atoms with van der Waals surface area (Å²) < 4.78 is 28.6. The Bertz CT molecular complexity index is 394. The zero-order valence-electron chi connectivity index (χ0n) is 12.8. The molecular formula is C18H25F2O. The number of hydrogen-bond donors (Lipinski definition) is 0. The van der Waals surface area contributed by atoms with Crippen LogP contribution < -0.4 is 4.74 Å². The fraction of sp³-hybridized carbons (Fsp3) is 0.611. The Morgan fingerprint density at radius 3 is 2.33 bits per heavy atom. The molecule has 1 saturated carbocycles. The van der Waals surface area contributed by atoms with Crippen LogP contribution in [0.15, 0.2) is 24.3 Å². The van der Waals surface area contributed by atoms with E-state index in [1.54, 1.807) is 12.1 Å². The summed E-state index contributed by atoms with van der Waals surface area (Å²) in [6, 6.07) is 7.10. The van der Waals surface area contributed by atoms with E-state index in [1.165, 1.54) is 50.0 Å². The first-order valence-electron chi connectivity index (χ1n) is 8.09. The Labute approximate surface area is 126 Å². The van der Waals surface area contributed by atoms with E-state index in [-0.39, 0.29) is 5.75 Å². The van der Waals surface area contributed by atoms with E-state index in [0.717, 1.165) is 18.8 Å². The van der Waals surface area contributed by atoms with E-state index in [2.05, 4.69) is 11.7 Å². The first kappa shape index (κ1) is 16.3. The van der Waals surface area contributed by atoms with E-state index < -0.39 is 6.61 Å². The van der Waals surface area contributed by atoms with Crippen molar-refractivity contribution in [3.05, 3.63) is 35.7 Å². The molecular weight excluding hydrogens is 270 g/mol. The van der Waals surface area contributed by atoms with Crippen LogP contribution in [-0.2, 0) is 0 Å². The van der Waals surface area contributed by atoms with Gasteiger partial charge in [0.25, 0.3) is 0 Å². The van der Waals surface area contributed by atoms with E-state index in [4.69, 9.17) is 0 Å². The Balaban J connectivity index is 1.79. The molecule has 0 amide bonds. The quantitative estimate of drug-likeness (QED) is 0.562. The third-order valence-electron chi connectivity index (χ3n) is 4.41. The lowest BCUT2D eigenvalue weighted by molar-refractivity contribution is -0.0498. The fourth-order valence-corrected chi connectivity index (χ4v) is 3.16. The predicted molar refractivity (Wildman–Crippen MR) is 81.5 cm³/mol. The molecule has 1 radical (unpaired) electrons. The van der Waals surface area contributed by atoms with Gasteiger partial charge in [0.15, 0.2) is 0 Å². The highest BCUT2D eigenvalue weighted by atomic mass is 19.3. The molecule has 1 fully saturated rings. The maximum atomic E-state index is 12.1. The van der Waals surface area contributed by atoms with Crippen molar-refractivity contribution in [1.29, 1.82) is 0 Å². The predicted octanol–water partition coefficient (Wildman–Crippen LogP) is 5.98. The largest absolute Gasteiger partial charge is 0.435 e. The van der Waals surface area contributed by atoms with Crippen molar-refractivity contribution in [1.82, 2.24) is 0 Å². The van der Waals surface area contributed by atoms with Crippen LogP contribution in [0.3, 0.4) is 0 Å². The molecule has 0 unspecified atom stereocenters. The van der Waals surface area contributed by atoms with Crippen molar-refractivity contribution in [2.24, 2.45) is 5.92 Å². The number of hydrogen-bond acceptors (Lipinski definition) is 1. The summed E-state index contributed by atoms with van der Waals surface area (Å²) in [5.41, 5.74) is 1.18. The highest BCUT2D eigenvalue weighted by Gasteiger charge is 2.22. The molecule has 0 atom stereocenters. The van der Waals surface area contributed by atoms with Crippen LogP contribution in [-0.4, -0.2) is 6.61 Å². The average molecular weight is 295 g/mol. The van der Waals surface area contributed by atoms with Gasteiger partial charge in [0.1, 0.15) is 5.75 Å². The summed E-state index contributed by atoms with van der Waals surface area (Å²) in [5, 5.41) is 0. The zero-order chi connectivity index (χ0) is 15.1. The number of benzene rings is 1. The van der Waals surface area contributed by atoms with Crippen LogP contribution in [0, 0.1) is 11.8 Å². The molecule has 0 aliphatic heterocycles. The molecule has 0 aromatic heterocycles. The number of ether oxygens (including phenoxy) is 1. The van der Waals surface area contributed by atoms with Crippen LogP contribution >= 0.6 is 0 Å². The Kier molecular flexibility index (Phi) is 6.47. The summed E-state index contributed by atoms with van der Waals surface area (Å²) in [6.45, 7) is -0.504. The normalized spacial score (nSPS) is 17.3. The van der Waals surface area contributed by atoms with Crippen molar-refractivity contribution in [2.45, 2.75) is 64.9 Å². The SMILES string of the molecule is CCCCCC1CC[C](c2ccc(OC(F)F)cc2)CC1. The standard InChI is InChI=1S/C18H25F2O/c1-2-3-4-5-14-6-8-15(9-7-14)16-10-12-17(13-11-16)21-18(19)20/h10-14,18H,2-9H2,1H3. The summed E-state index contributed by atoms with van der Waals surface area (Å²) in [6.07, 6.45) is 10.2. The van der Waals surface area contributed by atoms with Crippen LogP contribution in [0.25, 0.3) is 0 Å². The van der Waals surface area contributed by atoms with E-state index in [1.807, 2.05) is 12.1 Å². The molecule has 1 aliphatic carbocycles. The molecule has 1 aromatic rings. The second-order valence-corrected chi connectivity index (χ2v) is 5.95. The summed E-state index contributed by atoms with van der Waals surface area (Å²) >= 11 is 0. The lowest BCUT2D eigenvalue weighted by atomic mass is 9.77. The fourth-order valence-electron chi connectivity index (χ4n) is 3.16.